The van der Waals surface area contributed by atoms with Crippen molar-refractivity contribution in [2.24, 2.45) is 7.05 Å². The van der Waals surface area contributed by atoms with E-state index in [0.717, 1.165) is 23.4 Å². The standard InChI is InChI=1S/C16H26N4O2/c1-5-6-17-16(22)20-9-7-19(8-10-20)15(21)14-11-12(2)18(4)13(14)3/h11H,5-10H2,1-4H3,(H,17,22). The second-order valence-corrected chi connectivity index (χ2v) is 5.85. The van der Waals surface area contributed by atoms with E-state index in [0.29, 0.717) is 32.7 Å². The lowest BCUT2D eigenvalue weighted by Gasteiger charge is -2.34. The minimum absolute atomic E-state index is 0.0271. The summed E-state index contributed by atoms with van der Waals surface area (Å²) in [5.74, 6) is 0.0646. The highest BCUT2D eigenvalue weighted by molar-refractivity contribution is 5.96. The van der Waals surface area contributed by atoms with Crippen molar-refractivity contribution < 1.29 is 9.59 Å². The minimum Gasteiger partial charge on any atom is -0.351 e. The fourth-order valence-electron chi connectivity index (χ4n) is 2.70. The van der Waals surface area contributed by atoms with Gasteiger partial charge in [-0.05, 0) is 26.3 Å². The molecule has 0 spiro atoms. The molecule has 0 unspecified atom stereocenters. The van der Waals surface area contributed by atoms with Gasteiger partial charge in [0, 0.05) is 51.2 Å². The Balaban J connectivity index is 1.95. The van der Waals surface area contributed by atoms with Crippen LogP contribution in [0.4, 0.5) is 4.79 Å². The molecule has 1 N–H and O–H groups in total. The average Bonchev–Trinajstić information content (AvgIpc) is 2.79. The molecule has 0 atom stereocenters. The van der Waals surface area contributed by atoms with Crippen molar-refractivity contribution in [3.05, 3.63) is 23.0 Å². The number of urea groups is 1. The fraction of sp³-hybridized carbons (Fsp3) is 0.625. The molecule has 1 aromatic rings. The summed E-state index contributed by atoms with van der Waals surface area (Å²) in [5.41, 5.74) is 2.84. The highest BCUT2D eigenvalue weighted by atomic mass is 16.2. The largest absolute Gasteiger partial charge is 0.351 e. The van der Waals surface area contributed by atoms with Gasteiger partial charge in [-0.2, -0.15) is 0 Å². The number of rotatable bonds is 3. The van der Waals surface area contributed by atoms with Crippen molar-refractivity contribution in [1.82, 2.24) is 19.7 Å². The molecule has 0 radical (unpaired) electrons. The van der Waals surface area contributed by atoms with Crippen LogP contribution in [0, 0.1) is 13.8 Å². The zero-order valence-corrected chi connectivity index (χ0v) is 14.0. The lowest BCUT2D eigenvalue weighted by atomic mass is 10.2. The van der Waals surface area contributed by atoms with Gasteiger partial charge in [-0.3, -0.25) is 4.79 Å². The van der Waals surface area contributed by atoms with Crippen LogP contribution >= 0.6 is 0 Å². The first kappa shape index (κ1) is 16.4. The number of nitrogens with zero attached hydrogens (tertiary/aromatic N) is 3. The van der Waals surface area contributed by atoms with Gasteiger partial charge in [-0.25, -0.2) is 4.79 Å². The molecule has 1 aliphatic rings. The third kappa shape index (κ3) is 3.26. The zero-order chi connectivity index (χ0) is 16.3. The SMILES string of the molecule is CCCNC(=O)N1CCN(C(=O)c2cc(C)n(C)c2C)CC1. The highest BCUT2D eigenvalue weighted by Gasteiger charge is 2.26. The zero-order valence-electron chi connectivity index (χ0n) is 14.0. The Labute approximate surface area is 132 Å². The molecule has 6 heteroatoms. The number of aryl methyl sites for hydroxylation is 1. The van der Waals surface area contributed by atoms with E-state index in [2.05, 4.69) is 5.32 Å². The number of hydrogen-bond donors (Lipinski definition) is 1. The van der Waals surface area contributed by atoms with E-state index in [9.17, 15) is 9.59 Å². The number of nitrogens with one attached hydrogen (secondary N) is 1. The van der Waals surface area contributed by atoms with Crippen LogP contribution in [-0.2, 0) is 7.05 Å². The molecule has 0 saturated carbocycles. The number of carbonyl (C=O) groups is 2. The predicted octanol–water partition coefficient (Wildman–Crippen LogP) is 1.52. The summed E-state index contributed by atoms with van der Waals surface area (Å²) >= 11 is 0. The number of carbonyl (C=O) groups excluding carboxylic acids is 2. The number of piperazine rings is 1. The van der Waals surface area contributed by atoms with E-state index in [-0.39, 0.29) is 11.9 Å². The normalized spacial score (nSPS) is 15.1. The van der Waals surface area contributed by atoms with Gasteiger partial charge in [0.25, 0.3) is 5.91 Å². The van der Waals surface area contributed by atoms with Crippen LogP contribution in [0.3, 0.4) is 0 Å². The van der Waals surface area contributed by atoms with Crippen LogP contribution in [0.25, 0.3) is 0 Å². The summed E-state index contributed by atoms with van der Waals surface area (Å²) in [7, 11) is 1.97. The topological polar surface area (TPSA) is 57.6 Å². The molecule has 0 bridgehead atoms. The number of aromatic nitrogens is 1. The van der Waals surface area contributed by atoms with Crippen LogP contribution in [0.15, 0.2) is 6.07 Å². The first-order valence-electron chi connectivity index (χ1n) is 7.90. The third-order valence-electron chi connectivity index (χ3n) is 4.39. The van der Waals surface area contributed by atoms with Gasteiger partial charge in [0.2, 0.25) is 0 Å². The van der Waals surface area contributed by atoms with E-state index >= 15 is 0 Å². The Morgan fingerprint density at radius 3 is 2.23 bits per heavy atom. The first-order valence-corrected chi connectivity index (χ1v) is 7.90. The van der Waals surface area contributed by atoms with Crippen molar-refractivity contribution in [3.8, 4) is 0 Å². The average molecular weight is 306 g/mol. The molecular weight excluding hydrogens is 280 g/mol. The van der Waals surface area contributed by atoms with E-state index in [4.69, 9.17) is 0 Å². The first-order chi connectivity index (χ1) is 10.5. The van der Waals surface area contributed by atoms with Gasteiger partial charge in [0.1, 0.15) is 0 Å². The van der Waals surface area contributed by atoms with Crippen molar-refractivity contribution in [2.75, 3.05) is 32.7 Å². The monoisotopic (exact) mass is 306 g/mol. The summed E-state index contributed by atoms with van der Waals surface area (Å²) in [4.78, 5) is 28.2. The summed E-state index contributed by atoms with van der Waals surface area (Å²) in [6.07, 6.45) is 0.927. The Bertz CT molecular complexity index is 557. The molecule has 22 heavy (non-hydrogen) atoms. The molecule has 6 nitrogen and oxygen atoms in total. The van der Waals surface area contributed by atoms with Gasteiger partial charge < -0.3 is 19.7 Å². The van der Waals surface area contributed by atoms with Crippen LogP contribution < -0.4 is 5.32 Å². The van der Waals surface area contributed by atoms with Gasteiger partial charge in [0.05, 0.1) is 5.56 Å². The highest BCUT2D eigenvalue weighted by Crippen LogP contribution is 2.16. The summed E-state index contributed by atoms with van der Waals surface area (Å²) in [6.45, 7) is 9.05. The molecule has 1 fully saturated rings. The van der Waals surface area contributed by atoms with Crippen molar-refractivity contribution in [3.63, 3.8) is 0 Å². The maximum atomic E-state index is 12.6. The van der Waals surface area contributed by atoms with E-state index < -0.39 is 0 Å². The number of amides is 3. The van der Waals surface area contributed by atoms with E-state index in [1.165, 1.54) is 0 Å². The molecule has 0 aliphatic carbocycles. The van der Waals surface area contributed by atoms with Crippen molar-refractivity contribution in [1.29, 1.82) is 0 Å². The van der Waals surface area contributed by atoms with Gasteiger partial charge in [0.15, 0.2) is 0 Å². The van der Waals surface area contributed by atoms with Crippen LogP contribution in [0.1, 0.15) is 35.1 Å². The molecule has 2 heterocycles. The van der Waals surface area contributed by atoms with Crippen LogP contribution in [0.2, 0.25) is 0 Å². The number of hydrogen-bond acceptors (Lipinski definition) is 2. The van der Waals surface area contributed by atoms with Crippen LogP contribution in [-0.4, -0.2) is 59.0 Å². The predicted molar refractivity (Wildman–Crippen MR) is 86.1 cm³/mol. The molecule has 1 aromatic heterocycles. The summed E-state index contributed by atoms with van der Waals surface area (Å²) in [6, 6.07) is 1.92. The van der Waals surface area contributed by atoms with Gasteiger partial charge in [-0.1, -0.05) is 6.92 Å². The maximum absolute atomic E-state index is 12.6. The molecule has 3 amide bonds. The van der Waals surface area contributed by atoms with Gasteiger partial charge in [-0.15, -0.1) is 0 Å². The van der Waals surface area contributed by atoms with Crippen molar-refractivity contribution >= 4 is 11.9 Å². The molecule has 122 valence electrons. The summed E-state index contributed by atoms with van der Waals surface area (Å²) < 4.78 is 2.03. The Morgan fingerprint density at radius 1 is 1.14 bits per heavy atom. The molecule has 1 saturated heterocycles. The maximum Gasteiger partial charge on any atom is 0.317 e. The second-order valence-electron chi connectivity index (χ2n) is 5.85. The summed E-state index contributed by atoms with van der Waals surface area (Å²) in [5, 5.41) is 2.88. The lowest BCUT2D eigenvalue weighted by Crippen LogP contribution is -2.53. The second kappa shape index (κ2) is 6.85. The third-order valence-corrected chi connectivity index (χ3v) is 4.39. The Kier molecular flexibility index (Phi) is 5.11. The minimum atomic E-state index is -0.0271. The Morgan fingerprint density at radius 2 is 1.73 bits per heavy atom. The molecule has 2 rings (SSSR count). The smallest absolute Gasteiger partial charge is 0.317 e. The van der Waals surface area contributed by atoms with Gasteiger partial charge >= 0.3 is 6.03 Å². The molecular formula is C16H26N4O2. The molecule has 0 aromatic carbocycles. The van der Waals surface area contributed by atoms with Crippen LogP contribution in [0.5, 0.6) is 0 Å². The molecule has 1 aliphatic heterocycles. The van der Waals surface area contributed by atoms with E-state index in [1.807, 2.05) is 43.4 Å². The van der Waals surface area contributed by atoms with E-state index in [1.54, 1.807) is 4.90 Å². The van der Waals surface area contributed by atoms with Crippen molar-refractivity contribution in [2.45, 2.75) is 27.2 Å². The fourth-order valence-corrected chi connectivity index (χ4v) is 2.70. The quantitative estimate of drug-likeness (QED) is 0.920. The Hall–Kier alpha value is -1.98. The lowest BCUT2D eigenvalue weighted by molar-refractivity contribution is 0.0664.